The van der Waals surface area contributed by atoms with E-state index in [4.69, 9.17) is 16.3 Å². The Morgan fingerprint density at radius 1 is 1.03 bits per heavy atom. The fourth-order valence-corrected chi connectivity index (χ4v) is 4.97. The highest BCUT2D eigenvalue weighted by molar-refractivity contribution is 6.33. The topological polar surface area (TPSA) is 65.4 Å². The Labute approximate surface area is 217 Å². The number of nitrogens with one attached hydrogen (secondary N) is 1. The van der Waals surface area contributed by atoms with Gasteiger partial charge in [0.05, 0.1) is 34.5 Å². The van der Waals surface area contributed by atoms with Gasteiger partial charge in [0.2, 0.25) is 0 Å². The Morgan fingerprint density at radius 3 is 2.36 bits per heavy atom. The Balaban J connectivity index is 1.89. The van der Waals surface area contributed by atoms with E-state index in [1.165, 1.54) is 0 Å². The molecule has 0 aromatic heterocycles. The van der Waals surface area contributed by atoms with Gasteiger partial charge < -0.3 is 4.74 Å². The van der Waals surface area contributed by atoms with Crippen LogP contribution in [0.2, 0.25) is 5.02 Å². The quantitative estimate of drug-likeness (QED) is 0.334. The van der Waals surface area contributed by atoms with Crippen molar-refractivity contribution in [2.75, 3.05) is 11.6 Å². The normalized spacial score (nSPS) is 17.2. The Kier molecular flexibility index (Phi) is 7.79. The summed E-state index contributed by atoms with van der Waals surface area (Å²) in [6.45, 7) is 6.34. The zero-order valence-corrected chi connectivity index (χ0v) is 21.6. The first-order valence-corrected chi connectivity index (χ1v) is 12.7. The summed E-state index contributed by atoms with van der Waals surface area (Å²) in [5.41, 5.74) is 8.43. The van der Waals surface area contributed by atoms with Crippen LogP contribution in [0.4, 0.5) is 5.69 Å². The van der Waals surface area contributed by atoms with Gasteiger partial charge in [0.25, 0.3) is 0 Å². The molecule has 5 nitrogen and oxygen atoms in total. The third-order valence-electron chi connectivity index (χ3n) is 6.50. The predicted molar refractivity (Wildman–Crippen MR) is 145 cm³/mol. The van der Waals surface area contributed by atoms with Crippen molar-refractivity contribution in [1.82, 2.24) is 5.43 Å². The lowest BCUT2D eigenvalue weighted by Crippen LogP contribution is -2.47. The average Bonchev–Trinajstić information content (AvgIpc) is 3.21. The van der Waals surface area contributed by atoms with E-state index >= 15 is 0 Å². The first-order chi connectivity index (χ1) is 17.4. The maximum atomic E-state index is 13.4. The van der Waals surface area contributed by atoms with Gasteiger partial charge in [-0.15, -0.1) is 0 Å². The minimum absolute atomic E-state index is 0.265. The summed E-state index contributed by atoms with van der Waals surface area (Å²) in [6, 6.07) is 25.3. The zero-order chi connectivity index (χ0) is 25.7. The van der Waals surface area contributed by atoms with Crippen molar-refractivity contribution in [2.45, 2.75) is 45.6 Å². The number of hydrazine groups is 1. The van der Waals surface area contributed by atoms with Gasteiger partial charge in [-0.05, 0) is 55.2 Å². The van der Waals surface area contributed by atoms with Gasteiger partial charge >= 0.3 is 5.97 Å². The van der Waals surface area contributed by atoms with Gasteiger partial charge in [-0.25, -0.2) is 10.2 Å². The number of benzene rings is 3. The summed E-state index contributed by atoms with van der Waals surface area (Å²) in [5.74, 6) is -0.404. The first kappa shape index (κ1) is 25.5. The number of unbranched alkanes of at least 4 members (excludes halogenated alkanes) is 1. The lowest BCUT2D eigenvalue weighted by atomic mass is 9.82. The summed E-state index contributed by atoms with van der Waals surface area (Å²) in [7, 11) is 0. The molecule has 0 fully saturated rings. The van der Waals surface area contributed by atoms with E-state index in [2.05, 4.69) is 25.3 Å². The van der Waals surface area contributed by atoms with E-state index in [1.54, 1.807) is 11.9 Å². The van der Waals surface area contributed by atoms with Crippen molar-refractivity contribution in [3.63, 3.8) is 0 Å². The Bertz CT molecular complexity index is 1330. The van der Waals surface area contributed by atoms with E-state index in [0.717, 1.165) is 41.5 Å². The van der Waals surface area contributed by atoms with Gasteiger partial charge in [-0.3, -0.25) is 5.01 Å². The molecule has 6 heteroatoms. The summed E-state index contributed by atoms with van der Waals surface area (Å²) >= 11 is 6.58. The number of carbonyl (C=O) groups is 1. The molecule has 1 N–H and O–H groups in total. The summed E-state index contributed by atoms with van der Waals surface area (Å²) in [4.78, 5) is 13.4. The van der Waals surface area contributed by atoms with Crippen LogP contribution in [0.15, 0.2) is 78.5 Å². The fourth-order valence-electron chi connectivity index (χ4n) is 4.75. The van der Waals surface area contributed by atoms with Crippen LogP contribution in [0.5, 0.6) is 0 Å². The molecule has 0 radical (unpaired) electrons. The Morgan fingerprint density at radius 2 is 1.69 bits per heavy atom. The van der Waals surface area contributed by atoms with Crippen LogP contribution in [-0.2, 0) is 9.53 Å². The number of nitriles is 1. The van der Waals surface area contributed by atoms with E-state index in [1.807, 2.05) is 72.8 Å². The van der Waals surface area contributed by atoms with Crippen LogP contribution in [0.1, 0.15) is 51.2 Å². The standard InChI is InChI=1S/C30H30ClN3O2/c1-4-6-19-30(3)27(22-17-15-21(16-18-22)24-12-8-7-11-23(24)20-32)28(29(35)36-5-2)34(33-30)26-14-10-9-13-25(26)31/h7-18,33H,4-6,19H2,1-3H3. The SMILES string of the molecule is CCCCC1(C)NN(c2ccccc2Cl)C(C(=O)OCC)=C1c1ccc(-c2ccccc2C#N)cc1. The summed E-state index contributed by atoms with van der Waals surface area (Å²) in [6.07, 6.45) is 2.82. The van der Waals surface area contributed by atoms with Crippen molar-refractivity contribution in [3.05, 3.63) is 94.6 Å². The molecule has 0 saturated heterocycles. The molecule has 1 aliphatic heterocycles. The molecule has 1 atom stereocenters. The zero-order valence-electron chi connectivity index (χ0n) is 20.8. The van der Waals surface area contributed by atoms with Gasteiger partial charge in [0.1, 0.15) is 5.70 Å². The summed E-state index contributed by atoms with van der Waals surface area (Å²) < 4.78 is 5.53. The third-order valence-corrected chi connectivity index (χ3v) is 6.81. The lowest BCUT2D eigenvalue weighted by molar-refractivity contribution is -0.138. The molecular formula is C30H30ClN3O2. The molecule has 0 spiro atoms. The first-order valence-electron chi connectivity index (χ1n) is 12.3. The number of anilines is 1. The van der Waals surface area contributed by atoms with Crippen molar-refractivity contribution >= 4 is 28.8 Å². The molecule has 0 bridgehead atoms. The van der Waals surface area contributed by atoms with Crippen molar-refractivity contribution in [3.8, 4) is 17.2 Å². The van der Waals surface area contributed by atoms with E-state index in [9.17, 15) is 10.1 Å². The smallest absolute Gasteiger partial charge is 0.356 e. The van der Waals surface area contributed by atoms with Crippen LogP contribution in [0.3, 0.4) is 0 Å². The number of hydrogen-bond acceptors (Lipinski definition) is 5. The maximum Gasteiger partial charge on any atom is 0.356 e. The number of halogens is 1. The lowest BCUT2D eigenvalue weighted by Gasteiger charge is -2.31. The largest absolute Gasteiger partial charge is 0.461 e. The number of ether oxygens (including phenoxy) is 1. The van der Waals surface area contributed by atoms with E-state index in [-0.39, 0.29) is 6.61 Å². The molecule has 3 aromatic carbocycles. The van der Waals surface area contributed by atoms with Gasteiger partial charge in [-0.2, -0.15) is 5.26 Å². The molecule has 36 heavy (non-hydrogen) atoms. The number of rotatable bonds is 8. The average molecular weight is 500 g/mol. The monoisotopic (exact) mass is 499 g/mol. The molecule has 1 heterocycles. The van der Waals surface area contributed by atoms with Gasteiger partial charge in [-0.1, -0.05) is 86.0 Å². The molecular weight excluding hydrogens is 470 g/mol. The molecule has 184 valence electrons. The molecule has 3 aromatic rings. The molecule has 4 rings (SSSR count). The van der Waals surface area contributed by atoms with Gasteiger partial charge in [0.15, 0.2) is 0 Å². The van der Waals surface area contributed by atoms with Crippen LogP contribution in [0, 0.1) is 11.3 Å². The maximum absolute atomic E-state index is 13.4. The number of hydrogen-bond donors (Lipinski definition) is 1. The second-order valence-corrected chi connectivity index (χ2v) is 9.42. The van der Waals surface area contributed by atoms with E-state index < -0.39 is 11.5 Å². The van der Waals surface area contributed by atoms with Crippen LogP contribution < -0.4 is 10.4 Å². The molecule has 1 aliphatic rings. The number of para-hydroxylation sites is 1. The van der Waals surface area contributed by atoms with Crippen molar-refractivity contribution in [1.29, 1.82) is 5.26 Å². The van der Waals surface area contributed by atoms with Crippen LogP contribution >= 0.6 is 11.6 Å². The highest BCUT2D eigenvalue weighted by Gasteiger charge is 2.45. The number of nitrogens with zero attached hydrogens (tertiary/aromatic N) is 2. The van der Waals surface area contributed by atoms with Crippen molar-refractivity contribution in [2.24, 2.45) is 0 Å². The minimum atomic E-state index is -0.524. The Hall–Kier alpha value is -3.59. The molecule has 0 amide bonds. The highest BCUT2D eigenvalue weighted by Crippen LogP contribution is 2.44. The summed E-state index contributed by atoms with van der Waals surface area (Å²) in [5, 5.41) is 11.8. The van der Waals surface area contributed by atoms with Crippen molar-refractivity contribution < 1.29 is 9.53 Å². The number of carbonyl (C=O) groups excluding carboxylic acids is 1. The van der Waals surface area contributed by atoms with E-state index in [0.29, 0.717) is 22.0 Å². The second-order valence-electron chi connectivity index (χ2n) is 9.01. The highest BCUT2D eigenvalue weighted by atomic mass is 35.5. The third kappa shape index (κ3) is 4.88. The minimum Gasteiger partial charge on any atom is -0.461 e. The molecule has 0 saturated carbocycles. The van der Waals surface area contributed by atoms with Gasteiger partial charge in [0, 0.05) is 5.57 Å². The van der Waals surface area contributed by atoms with Crippen LogP contribution in [-0.4, -0.2) is 18.1 Å². The number of esters is 1. The van der Waals surface area contributed by atoms with Crippen LogP contribution in [0.25, 0.3) is 16.7 Å². The molecule has 0 aliphatic carbocycles. The fraction of sp³-hybridized carbons (Fsp3) is 0.267. The second kappa shape index (κ2) is 11.0. The molecule has 1 unspecified atom stereocenters. The predicted octanol–water partition coefficient (Wildman–Crippen LogP) is 7.13.